The summed E-state index contributed by atoms with van der Waals surface area (Å²) in [6, 6.07) is 21.6. The molecule has 0 radical (unpaired) electrons. The highest BCUT2D eigenvalue weighted by Gasteiger charge is 2.35. The van der Waals surface area contributed by atoms with Gasteiger partial charge in [0.05, 0.1) is 23.1 Å². The van der Waals surface area contributed by atoms with E-state index in [4.69, 9.17) is 27.9 Å². The van der Waals surface area contributed by atoms with E-state index in [9.17, 15) is 14.9 Å². The molecule has 33 heavy (non-hydrogen) atoms. The lowest BCUT2D eigenvalue weighted by Crippen LogP contribution is -2.27. The van der Waals surface area contributed by atoms with Crippen LogP contribution in [-0.2, 0) is 17.9 Å². The van der Waals surface area contributed by atoms with Crippen molar-refractivity contribution in [3.05, 3.63) is 104 Å². The van der Waals surface area contributed by atoms with Crippen molar-refractivity contribution in [2.75, 3.05) is 0 Å². The zero-order chi connectivity index (χ0) is 23.4. The van der Waals surface area contributed by atoms with Crippen LogP contribution in [0.3, 0.4) is 0 Å². The number of carbonyl (C=O) groups is 2. The predicted octanol–water partition coefficient (Wildman–Crippen LogP) is 6.68. The number of nitriles is 1. The van der Waals surface area contributed by atoms with Crippen LogP contribution >= 0.6 is 35.0 Å². The van der Waals surface area contributed by atoms with Gasteiger partial charge in [-0.2, -0.15) is 5.26 Å². The Morgan fingerprint density at radius 2 is 1.67 bits per heavy atom. The molecule has 8 heteroatoms. The van der Waals surface area contributed by atoms with E-state index >= 15 is 0 Å². The molecule has 0 bridgehead atoms. The smallest absolute Gasteiger partial charge is 0.293 e. The molecule has 0 spiro atoms. The van der Waals surface area contributed by atoms with Gasteiger partial charge in [-0.3, -0.25) is 14.5 Å². The van der Waals surface area contributed by atoms with Crippen molar-refractivity contribution in [2.45, 2.75) is 13.2 Å². The van der Waals surface area contributed by atoms with E-state index in [1.807, 2.05) is 18.2 Å². The van der Waals surface area contributed by atoms with Crippen molar-refractivity contribution in [1.82, 2.24) is 4.90 Å². The number of hydrogen-bond acceptors (Lipinski definition) is 5. The van der Waals surface area contributed by atoms with Gasteiger partial charge in [-0.1, -0.05) is 59.6 Å². The second-order valence-corrected chi connectivity index (χ2v) is 8.90. The van der Waals surface area contributed by atoms with E-state index < -0.39 is 5.91 Å². The van der Waals surface area contributed by atoms with E-state index in [-0.39, 0.29) is 18.4 Å². The molecule has 1 saturated heterocycles. The van der Waals surface area contributed by atoms with Crippen LogP contribution in [0.15, 0.2) is 71.6 Å². The van der Waals surface area contributed by atoms with Crippen LogP contribution in [0.4, 0.5) is 4.79 Å². The Kier molecular flexibility index (Phi) is 7.05. The normalized spacial score (nSPS) is 14.6. The Balaban J connectivity index is 1.44. The largest absolute Gasteiger partial charge is 0.489 e. The van der Waals surface area contributed by atoms with Crippen LogP contribution in [0, 0.1) is 11.3 Å². The zero-order valence-corrected chi connectivity index (χ0v) is 19.5. The number of hydrogen-bond donors (Lipinski definition) is 0. The maximum atomic E-state index is 12.8. The summed E-state index contributed by atoms with van der Waals surface area (Å²) in [5, 5.41) is 9.60. The molecule has 2 amide bonds. The Morgan fingerprint density at radius 3 is 2.36 bits per heavy atom. The summed E-state index contributed by atoms with van der Waals surface area (Å²) < 4.78 is 5.77. The van der Waals surface area contributed by atoms with Crippen LogP contribution in [0.2, 0.25) is 10.0 Å². The second-order valence-electron chi connectivity index (χ2n) is 7.09. The summed E-state index contributed by atoms with van der Waals surface area (Å²) in [5.74, 6) is 0.232. The molecule has 1 heterocycles. The second kappa shape index (κ2) is 10.1. The summed E-state index contributed by atoms with van der Waals surface area (Å²) in [6.45, 7) is 0.282. The maximum absolute atomic E-state index is 12.8. The first kappa shape index (κ1) is 22.9. The molecule has 0 saturated carbocycles. The number of amides is 2. The molecule has 5 nitrogen and oxygen atoms in total. The lowest BCUT2D eigenvalue weighted by atomic mass is 10.1. The van der Waals surface area contributed by atoms with Gasteiger partial charge in [0.2, 0.25) is 0 Å². The topological polar surface area (TPSA) is 70.4 Å². The van der Waals surface area contributed by atoms with Crippen LogP contribution in [0.1, 0.15) is 22.3 Å². The van der Waals surface area contributed by atoms with Gasteiger partial charge >= 0.3 is 0 Å². The Labute approximate surface area is 205 Å². The highest BCUT2D eigenvalue weighted by Crippen LogP contribution is 2.35. The van der Waals surface area contributed by atoms with E-state index in [2.05, 4.69) is 6.07 Å². The third-order valence-electron chi connectivity index (χ3n) is 4.96. The summed E-state index contributed by atoms with van der Waals surface area (Å²) in [5.41, 5.74) is 2.66. The standard InChI is InChI=1S/C25H16Cl2N2O3S/c26-21-6-3-7-22(27)20(21)14-29-24(30)23(33-25(29)31)12-16-8-10-19(11-9-16)32-15-18-5-2-1-4-17(18)13-28/h1-12H,14-15H2/b23-12-. The molecular weight excluding hydrogens is 479 g/mol. The summed E-state index contributed by atoms with van der Waals surface area (Å²) in [7, 11) is 0. The lowest BCUT2D eigenvalue weighted by Gasteiger charge is -2.14. The van der Waals surface area contributed by atoms with Crippen LogP contribution in [-0.4, -0.2) is 16.0 Å². The lowest BCUT2D eigenvalue weighted by molar-refractivity contribution is -0.123. The number of nitrogens with zero attached hydrogens (tertiary/aromatic N) is 2. The number of thioether (sulfide) groups is 1. The molecule has 0 N–H and O–H groups in total. The fourth-order valence-corrected chi connectivity index (χ4v) is 4.56. The van der Waals surface area contributed by atoms with Gasteiger partial charge in [0.15, 0.2) is 0 Å². The molecule has 1 aliphatic heterocycles. The van der Waals surface area contributed by atoms with Crippen LogP contribution < -0.4 is 4.74 Å². The fraction of sp³-hybridized carbons (Fsp3) is 0.0800. The van der Waals surface area contributed by atoms with Crippen LogP contribution in [0.25, 0.3) is 6.08 Å². The molecule has 164 valence electrons. The van der Waals surface area contributed by atoms with Crippen molar-refractivity contribution in [1.29, 1.82) is 5.26 Å². The van der Waals surface area contributed by atoms with Gasteiger partial charge in [0.1, 0.15) is 12.4 Å². The summed E-state index contributed by atoms with van der Waals surface area (Å²) >= 11 is 13.2. The molecular formula is C25H16Cl2N2O3S. The average Bonchev–Trinajstić information content (AvgIpc) is 3.08. The van der Waals surface area contributed by atoms with E-state index in [0.29, 0.717) is 31.8 Å². The molecule has 1 aliphatic rings. The monoisotopic (exact) mass is 494 g/mol. The third kappa shape index (κ3) is 5.23. The minimum atomic E-state index is -0.394. The molecule has 0 aliphatic carbocycles. The highest BCUT2D eigenvalue weighted by molar-refractivity contribution is 8.18. The van der Waals surface area contributed by atoms with Gasteiger partial charge in [-0.15, -0.1) is 0 Å². The van der Waals surface area contributed by atoms with E-state index in [1.165, 1.54) is 0 Å². The Morgan fingerprint density at radius 1 is 0.970 bits per heavy atom. The van der Waals surface area contributed by atoms with Gasteiger partial charge in [0.25, 0.3) is 11.1 Å². The van der Waals surface area contributed by atoms with Gasteiger partial charge < -0.3 is 4.74 Å². The summed E-state index contributed by atoms with van der Waals surface area (Å²) in [4.78, 5) is 26.7. The van der Waals surface area contributed by atoms with Gasteiger partial charge in [0, 0.05) is 21.2 Å². The number of carbonyl (C=O) groups excluding carboxylic acids is 2. The molecule has 0 atom stereocenters. The number of imide groups is 1. The van der Waals surface area contributed by atoms with Gasteiger partial charge in [-0.05, 0) is 53.7 Å². The number of ether oxygens (including phenoxy) is 1. The molecule has 1 fully saturated rings. The van der Waals surface area contributed by atoms with E-state index in [0.717, 1.165) is 27.8 Å². The highest BCUT2D eigenvalue weighted by atomic mass is 35.5. The molecule has 0 unspecified atom stereocenters. The van der Waals surface area contributed by atoms with Crippen molar-refractivity contribution < 1.29 is 14.3 Å². The van der Waals surface area contributed by atoms with Gasteiger partial charge in [-0.25, -0.2) is 0 Å². The quantitative estimate of drug-likeness (QED) is 0.357. The molecule has 0 aromatic heterocycles. The minimum absolute atomic E-state index is 0.0114. The van der Waals surface area contributed by atoms with Crippen molar-refractivity contribution in [3.8, 4) is 11.8 Å². The molecule has 4 rings (SSSR count). The first-order valence-corrected chi connectivity index (χ1v) is 11.4. The fourth-order valence-electron chi connectivity index (χ4n) is 3.21. The Bertz CT molecular complexity index is 1280. The van der Waals surface area contributed by atoms with E-state index in [1.54, 1.807) is 54.6 Å². The predicted molar refractivity (Wildman–Crippen MR) is 130 cm³/mol. The Hall–Kier alpha value is -3.24. The molecule has 3 aromatic carbocycles. The molecule has 3 aromatic rings. The number of benzene rings is 3. The SMILES string of the molecule is N#Cc1ccccc1COc1ccc(/C=C2\SC(=O)N(Cc3c(Cl)cccc3Cl)C2=O)cc1. The van der Waals surface area contributed by atoms with Crippen molar-refractivity contribution in [3.63, 3.8) is 0 Å². The number of halogens is 2. The van der Waals surface area contributed by atoms with Crippen LogP contribution in [0.5, 0.6) is 5.75 Å². The maximum Gasteiger partial charge on any atom is 0.293 e. The zero-order valence-electron chi connectivity index (χ0n) is 17.1. The third-order valence-corrected chi connectivity index (χ3v) is 6.58. The average molecular weight is 495 g/mol. The first-order chi connectivity index (χ1) is 16.0. The summed E-state index contributed by atoms with van der Waals surface area (Å²) in [6.07, 6.45) is 1.66. The first-order valence-electron chi connectivity index (χ1n) is 9.85. The number of rotatable bonds is 6. The van der Waals surface area contributed by atoms with Crippen molar-refractivity contribution >= 4 is 52.2 Å². The van der Waals surface area contributed by atoms with Crippen molar-refractivity contribution in [2.24, 2.45) is 0 Å². The minimum Gasteiger partial charge on any atom is -0.489 e.